The van der Waals surface area contributed by atoms with E-state index in [1.54, 1.807) is 0 Å². The molecule has 0 bridgehead atoms. The minimum absolute atomic E-state index is 0.165. The summed E-state index contributed by atoms with van der Waals surface area (Å²) in [5.41, 5.74) is 5.66. The van der Waals surface area contributed by atoms with Gasteiger partial charge in [0.25, 0.3) is 0 Å². The molecule has 4 heteroatoms. The molecule has 4 nitrogen and oxygen atoms in total. The Balaban J connectivity index is 2.06. The fourth-order valence-corrected chi connectivity index (χ4v) is 2.49. The van der Waals surface area contributed by atoms with Crippen molar-refractivity contribution in [1.29, 1.82) is 0 Å². The van der Waals surface area contributed by atoms with Gasteiger partial charge in [-0.05, 0) is 57.9 Å². The van der Waals surface area contributed by atoms with Crippen molar-refractivity contribution < 1.29 is 9.53 Å². The van der Waals surface area contributed by atoms with E-state index in [0.29, 0.717) is 31.4 Å². The van der Waals surface area contributed by atoms with E-state index < -0.39 is 0 Å². The van der Waals surface area contributed by atoms with Gasteiger partial charge >= 0.3 is 0 Å². The maximum atomic E-state index is 11.7. The molecule has 1 aliphatic rings. The van der Waals surface area contributed by atoms with E-state index in [9.17, 15) is 4.79 Å². The zero-order chi connectivity index (χ0) is 13.4. The Hall–Kier alpha value is -0.610. The fourth-order valence-electron chi connectivity index (χ4n) is 2.49. The first-order chi connectivity index (χ1) is 8.61. The molecule has 1 rings (SSSR count). The SMILES string of the molecule is CC(C)OCCNC(=O)CC1CCC(CN)CC1. The standard InChI is InChI=1S/C14H28N2O2/c1-11(2)18-8-7-16-14(17)9-12-3-5-13(10-15)6-4-12/h11-13H,3-10,15H2,1-2H3,(H,16,17). The van der Waals surface area contributed by atoms with E-state index in [2.05, 4.69) is 5.32 Å². The summed E-state index contributed by atoms with van der Waals surface area (Å²) in [7, 11) is 0. The van der Waals surface area contributed by atoms with E-state index in [-0.39, 0.29) is 12.0 Å². The lowest BCUT2D eigenvalue weighted by Gasteiger charge is -2.27. The molecule has 0 aliphatic heterocycles. The molecular formula is C14H28N2O2. The fraction of sp³-hybridized carbons (Fsp3) is 0.929. The number of nitrogens with one attached hydrogen (secondary N) is 1. The van der Waals surface area contributed by atoms with Crippen molar-refractivity contribution in [2.24, 2.45) is 17.6 Å². The molecule has 106 valence electrons. The molecule has 1 amide bonds. The predicted molar refractivity (Wildman–Crippen MR) is 73.2 cm³/mol. The van der Waals surface area contributed by atoms with Crippen LogP contribution < -0.4 is 11.1 Å². The van der Waals surface area contributed by atoms with Crippen LogP contribution in [0.25, 0.3) is 0 Å². The summed E-state index contributed by atoms with van der Waals surface area (Å²) in [6.07, 6.45) is 5.57. The van der Waals surface area contributed by atoms with Gasteiger partial charge in [-0.15, -0.1) is 0 Å². The van der Waals surface area contributed by atoms with Crippen molar-refractivity contribution in [3.05, 3.63) is 0 Å². The number of hydrogen-bond acceptors (Lipinski definition) is 3. The van der Waals surface area contributed by atoms with Crippen molar-refractivity contribution in [2.45, 2.75) is 52.1 Å². The molecule has 0 heterocycles. The third-order valence-corrected chi connectivity index (χ3v) is 3.65. The Kier molecular flexibility index (Phi) is 7.28. The van der Waals surface area contributed by atoms with Crippen LogP contribution in [0.4, 0.5) is 0 Å². The lowest BCUT2D eigenvalue weighted by atomic mass is 9.80. The number of ether oxygens (including phenoxy) is 1. The van der Waals surface area contributed by atoms with Gasteiger partial charge in [0.1, 0.15) is 0 Å². The van der Waals surface area contributed by atoms with Crippen molar-refractivity contribution in [2.75, 3.05) is 19.7 Å². The van der Waals surface area contributed by atoms with Crippen LogP contribution in [0.15, 0.2) is 0 Å². The van der Waals surface area contributed by atoms with Gasteiger partial charge in [0.15, 0.2) is 0 Å². The van der Waals surface area contributed by atoms with Crippen LogP contribution in [0.5, 0.6) is 0 Å². The van der Waals surface area contributed by atoms with Gasteiger partial charge in [0.2, 0.25) is 5.91 Å². The van der Waals surface area contributed by atoms with Crippen molar-refractivity contribution in [1.82, 2.24) is 5.32 Å². The Morgan fingerprint density at radius 2 is 1.89 bits per heavy atom. The third-order valence-electron chi connectivity index (χ3n) is 3.65. The minimum atomic E-state index is 0.165. The van der Waals surface area contributed by atoms with Crippen LogP contribution in [0.3, 0.4) is 0 Å². The normalized spacial score (nSPS) is 24.2. The first-order valence-electron chi connectivity index (χ1n) is 7.20. The molecule has 0 aromatic carbocycles. The lowest BCUT2D eigenvalue weighted by Crippen LogP contribution is -2.31. The molecule has 0 unspecified atom stereocenters. The lowest BCUT2D eigenvalue weighted by molar-refractivity contribution is -0.122. The minimum Gasteiger partial charge on any atom is -0.377 e. The Morgan fingerprint density at radius 1 is 1.28 bits per heavy atom. The number of hydrogen-bond donors (Lipinski definition) is 2. The molecule has 0 aromatic heterocycles. The molecule has 1 fully saturated rings. The van der Waals surface area contributed by atoms with E-state index in [1.165, 1.54) is 12.8 Å². The highest BCUT2D eigenvalue weighted by Gasteiger charge is 2.21. The second kappa shape index (κ2) is 8.48. The summed E-state index contributed by atoms with van der Waals surface area (Å²) < 4.78 is 5.38. The highest BCUT2D eigenvalue weighted by atomic mass is 16.5. The Labute approximate surface area is 111 Å². The van der Waals surface area contributed by atoms with Gasteiger partial charge < -0.3 is 15.8 Å². The molecular weight excluding hydrogens is 228 g/mol. The van der Waals surface area contributed by atoms with E-state index in [0.717, 1.165) is 19.4 Å². The highest BCUT2D eigenvalue weighted by molar-refractivity contribution is 5.76. The van der Waals surface area contributed by atoms with Crippen LogP contribution in [0, 0.1) is 11.8 Å². The van der Waals surface area contributed by atoms with Crippen LogP contribution in [0.1, 0.15) is 46.0 Å². The summed E-state index contributed by atoms with van der Waals surface area (Å²) >= 11 is 0. The smallest absolute Gasteiger partial charge is 0.220 e. The molecule has 0 saturated heterocycles. The largest absolute Gasteiger partial charge is 0.377 e. The molecule has 0 radical (unpaired) electrons. The van der Waals surface area contributed by atoms with Crippen LogP contribution in [0.2, 0.25) is 0 Å². The quantitative estimate of drug-likeness (QED) is 0.681. The predicted octanol–water partition coefficient (Wildman–Crippen LogP) is 1.68. The van der Waals surface area contributed by atoms with Crippen molar-refractivity contribution in [3.8, 4) is 0 Å². The summed E-state index contributed by atoms with van der Waals surface area (Å²) in [4.78, 5) is 11.7. The van der Waals surface area contributed by atoms with E-state index in [4.69, 9.17) is 10.5 Å². The Morgan fingerprint density at radius 3 is 2.44 bits per heavy atom. The third kappa shape index (κ3) is 6.36. The molecule has 0 aromatic rings. The van der Waals surface area contributed by atoms with Crippen LogP contribution in [-0.2, 0) is 9.53 Å². The molecule has 0 spiro atoms. The van der Waals surface area contributed by atoms with Crippen molar-refractivity contribution in [3.63, 3.8) is 0 Å². The monoisotopic (exact) mass is 256 g/mol. The summed E-state index contributed by atoms with van der Waals surface area (Å²) in [5, 5.41) is 2.92. The van der Waals surface area contributed by atoms with Gasteiger partial charge in [0, 0.05) is 13.0 Å². The molecule has 3 N–H and O–H groups in total. The van der Waals surface area contributed by atoms with Gasteiger partial charge in [-0.25, -0.2) is 0 Å². The number of carbonyl (C=O) groups is 1. The summed E-state index contributed by atoms with van der Waals surface area (Å²) in [6.45, 7) is 6.01. The van der Waals surface area contributed by atoms with E-state index >= 15 is 0 Å². The average Bonchev–Trinajstić information content (AvgIpc) is 2.35. The second-order valence-corrected chi connectivity index (χ2v) is 5.60. The van der Waals surface area contributed by atoms with Crippen molar-refractivity contribution >= 4 is 5.91 Å². The second-order valence-electron chi connectivity index (χ2n) is 5.60. The maximum absolute atomic E-state index is 11.7. The average molecular weight is 256 g/mol. The number of amides is 1. The maximum Gasteiger partial charge on any atom is 0.220 e. The topological polar surface area (TPSA) is 64.3 Å². The number of rotatable bonds is 7. The summed E-state index contributed by atoms with van der Waals surface area (Å²) in [5.74, 6) is 1.40. The zero-order valence-electron chi connectivity index (χ0n) is 11.8. The van der Waals surface area contributed by atoms with Gasteiger partial charge in [0.05, 0.1) is 12.7 Å². The molecule has 0 atom stereocenters. The molecule has 1 saturated carbocycles. The first kappa shape index (κ1) is 15.4. The number of nitrogens with two attached hydrogens (primary N) is 1. The molecule has 18 heavy (non-hydrogen) atoms. The van der Waals surface area contributed by atoms with E-state index in [1.807, 2.05) is 13.8 Å². The van der Waals surface area contributed by atoms with Gasteiger partial charge in [-0.3, -0.25) is 4.79 Å². The van der Waals surface area contributed by atoms with Crippen LogP contribution >= 0.6 is 0 Å². The van der Waals surface area contributed by atoms with Gasteiger partial charge in [-0.2, -0.15) is 0 Å². The number of carbonyl (C=O) groups excluding carboxylic acids is 1. The Bertz CT molecular complexity index is 236. The van der Waals surface area contributed by atoms with Crippen LogP contribution in [-0.4, -0.2) is 31.7 Å². The zero-order valence-corrected chi connectivity index (χ0v) is 11.8. The summed E-state index contributed by atoms with van der Waals surface area (Å²) in [6, 6.07) is 0. The molecule has 1 aliphatic carbocycles. The first-order valence-corrected chi connectivity index (χ1v) is 7.20. The van der Waals surface area contributed by atoms with Gasteiger partial charge in [-0.1, -0.05) is 0 Å². The highest BCUT2D eigenvalue weighted by Crippen LogP contribution is 2.29.